The lowest BCUT2D eigenvalue weighted by Crippen LogP contribution is -2.61. The number of carbonyl (C=O) groups excluding carboxylic acids is 1. The van der Waals surface area contributed by atoms with E-state index in [9.17, 15) is 4.79 Å². The number of likely N-dealkylation sites (tertiary alicyclic amines) is 2. The molecule has 7 nitrogen and oxygen atoms in total. The molecule has 6 rings (SSSR count). The van der Waals surface area contributed by atoms with E-state index < -0.39 is 0 Å². The van der Waals surface area contributed by atoms with Crippen LogP contribution < -0.4 is 0 Å². The Kier molecular flexibility index (Phi) is 4.38. The highest BCUT2D eigenvalue weighted by Gasteiger charge is 2.57. The minimum atomic E-state index is 0.0256. The first kappa shape index (κ1) is 18.7. The van der Waals surface area contributed by atoms with Gasteiger partial charge in [0.1, 0.15) is 5.82 Å². The van der Waals surface area contributed by atoms with Gasteiger partial charge in [0.15, 0.2) is 5.82 Å². The van der Waals surface area contributed by atoms with Gasteiger partial charge in [-0.2, -0.15) is 5.10 Å². The lowest BCUT2D eigenvalue weighted by molar-refractivity contribution is 0.00179. The molecule has 1 aromatic carbocycles. The number of amides is 1. The van der Waals surface area contributed by atoms with Crippen molar-refractivity contribution in [2.45, 2.75) is 31.2 Å². The molecule has 2 aliphatic heterocycles. The van der Waals surface area contributed by atoms with Crippen LogP contribution in [0.1, 0.15) is 52.2 Å². The molecular weight excluding hydrogens is 388 g/mol. The normalized spacial score (nSPS) is 22.6. The van der Waals surface area contributed by atoms with Crippen molar-refractivity contribution < 1.29 is 4.79 Å². The Morgan fingerprint density at radius 1 is 1.06 bits per heavy atom. The second kappa shape index (κ2) is 7.27. The largest absolute Gasteiger partial charge is 0.337 e. The van der Waals surface area contributed by atoms with Crippen LogP contribution >= 0.6 is 0 Å². The maximum Gasteiger partial charge on any atom is 0.254 e. The maximum atomic E-state index is 12.9. The summed E-state index contributed by atoms with van der Waals surface area (Å²) in [6, 6.07) is 14.2. The average molecular weight is 415 g/mol. The summed E-state index contributed by atoms with van der Waals surface area (Å²) >= 11 is 0. The zero-order valence-electron chi connectivity index (χ0n) is 17.4. The molecule has 1 atom stereocenters. The van der Waals surface area contributed by atoms with E-state index in [1.807, 2.05) is 4.90 Å². The van der Waals surface area contributed by atoms with E-state index in [1.165, 1.54) is 18.4 Å². The highest BCUT2D eigenvalue weighted by atomic mass is 16.2. The molecule has 2 aromatic heterocycles. The summed E-state index contributed by atoms with van der Waals surface area (Å²) in [7, 11) is 0. The zero-order valence-corrected chi connectivity index (χ0v) is 17.4. The third-order valence-corrected chi connectivity index (χ3v) is 6.99. The van der Waals surface area contributed by atoms with Crippen molar-refractivity contribution in [3.63, 3.8) is 0 Å². The molecule has 3 aromatic rings. The van der Waals surface area contributed by atoms with Gasteiger partial charge in [-0.3, -0.25) is 19.8 Å². The monoisotopic (exact) mass is 414 g/mol. The molecule has 1 aliphatic carbocycles. The van der Waals surface area contributed by atoms with Crippen molar-refractivity contribution in [2.75, 3.05) is 26.2 Å². The van der Waals surface area contributed by atoms with Gasteiger partial charge in [0.25, 0.3) is 5.91 Å². The number of nitrogens with zero attached hydrogens (tertiary/aromatic N) is 5. The van der Waals surface area contributed by atoms with Crippen LogP contribution in [-0.2, 0) is 6.54 Å². The van der Waals surface area contributed by atoms with Gasteiger partial charge in [0.05, 0.1) is 0 Å². The van der Waals surface area contributed by atoms with Crippen LogP contribution in [0.2, 0.25) is 0 Å². The predicted molar refractivity (Wildman–Crippen MR) is 115 cm³/mol. The first-order valence-corrected chi connectivity index (χ1v) is 11.1. The van der Waals surface area contributed by atoms with Gasteiger partial charge in [0, 0.05) is 67.9 Å². The summed E-state index contributed by atoms with van der Waals surface area (Å²) in [5.74, 6) is 2.85. The smallest absolute Gasteiger partial charge is 0.254 e. The number of aromatic nitrogens is 4. The number of rotatable bonds is 5. The molecule has 158 valence electrons. The van der Waals surface area contributed by atoms with Crippen LogP contribution in [0.3, 0.4) is 0 Å². The Balaban J connectivity index is 1.23. The third kappa shape index (κ3) is 3.43. The van der Waals surface area contributed by atoms with Gasteiger partial charge in [-0.25, -0.2) is 4.98 Å². The lowest BCUT2D eigenvalue weighted by atomic mass is 9.71. The summed E-state index contributed by atoms with van der Waals surface area (Å²) in [6.45, 7) is 4.33. The summed E-state index contributed by atoms with van der Waals surface area (Å²) in [6.07, 6.45) is 5.75. The second-order valence-electron chi connectivity index (χ2n) is 9.32. The first-order chi connectivity index (χ1) is 15.2. The summed E-state index contributed by atoms with van der Waals surface area (Å²) in [5, 5.41) is 7.77. The van der Waals surface area contributed by atoms with E-state index in [4.69, 9.17) is 4.98 Å². The van der Waals surface area contributed by atoms with Gasteiger partial charge >= 0.3 is 0 Å². The molecule has 1 spiro atoms. The van der Waals surface area contributed by atoms with Crippen LogP contribution in [0.25, 0.3) is 0 Å². The van der Waals surface area contributed by atoms with Crippen LogP contribution in [0.5, 0.6) is 0 Å². The lowest BCUT2D eigenvalue weighted by Gasteiger charge is -2.50. The Morgan fingerprint density at radius 2 is 1.84 bits per heavy atom. The van der Waals surface area contributed by atoms with Crippen LogP contribution in [-0.4, -0.2) is 62.1 Å². The molecule has 1 amide bonds. The van der Waals surface area contributed by atoms with Crippen LogP contribution in [0.4, 0.5) is 0 Å². The summed E-state index contributed by atoms with van der Waals surface area (Å²) in [4.78, 5) is 26.3. The van der Waals surface area contributed by atoms with Crippen LogP contribution in [0, 0.1) is 5.41 Å². The molecule has 0 bridgehead atoms. The highest BCUT2D eigenvalue weighted by Crippen LogP contribution is 2.49. The van der Waals surface area contributed by atoms with Crippen molar-refractivity contribution in [1.82, 2.24) is 30.0 Å². The molecular formula is C24H26N6O. The van der Waals surface area contributed by atoms with E-state index in [1.54, 1.807) is 24.5 Å². The topological polar surface area (TPSA) is 78.0 Å². The molecule has 1 N–H and O–H groups in total. The van der Waals surface area contributed by atoms with Crippen molar-refractivity contribution >= 4 is 5.91 Å². The first-order valence-electron chi connectivity index (χ1n) is 11.1. The van der Waals surface area contributed by atoms with Crippen molar-refractivity contribution in [2.24, 2.45) is 5.41 Å². The zero-order chi connectivity index (χ0) is 20.8. The number of hydrogen-bond acceptors (Lipinski definition) is 5. The Labute approximate surface area is 181 Å². The molecule has 0 radical (unpaired) electrons. The second-order valence-corrected chi connectivity index (χ2v) is 9.32. The number of carbonyl (C=O) groups is 1. The number of hydrogen-bond donors (Lipinski definition) is 1. The number of aromatic amines is 1. The molecule has 31 heavy (non-hydrogen) atoms. The van der Waals surface area contributed by atoms with E-state index in [0.29, 0.717) is 11.5 Å². The van der Waals surface area contributed by atoms with Gasteiger partial charge < -0.3 is 4.90 Å². The minimum Gasteiger partial charge on any atom is -0.337 e. The number of benzene rings is 1. The number of H-pyrrole nitrogens is 1. The van der Waals surface area contributed by atoms with E-state index in [0.717, 1.165) is 44.4 Å². The summed E-state index contributed by atoms with van der Waals surface area (Å²) in [5.41, 5.74) is 2.05. The maximum absolute atomic E-state index is 12.9. The number of pyridine rings is 1. The Hall–Kier alpha value is -3.06. The molecule has 4 heterocycles. The Morgan fingerprint density at radius 3 is 2.58 bits per heavy atom. The average Bonchev–Trinajstić information content (AvgIpc) is 3.39. The van der Waals surface area contributed by atoms with Crippen molar-refractivity contribution in [3.05, 3.63) is 77.6 Å². The number of nitrogens with one attached hydrogen (secondary N) is 1. The molecule has 7 heteroatoms. The van der Waals surface area contributed by atoms with Gasteiger partial charge in [-0.15, -0.1) is 0 Å². The van der Waals surface area contributed by atoms with E-state index in [2.05, 4.69) is 50.4 Å². The van der Waals surface area contributed by atoms with Crippen LogP contribution in [0.15, 0.2) is 54.9 Å². The van der Waals surface area contributed by atoms with Gasteiger partial charge in [0.2, 0.25) is 0 Å². The fourth-order valence-electron chi connectivity index (χ4n) is 5.23. The Bertz CT molecular complexity index is 1070. The fourth-order valence-corrected chi connectivity index (χ4v) is 5.23. The molecule has 1 saturated carbocycles. The minimum absolute atomic E-state index is 0.0256. The highest BCUT2D eigenvalue weighted by molar-refractivity contribution is 5.94. The predicted octanol–water partition coefficient (Wildman–Crippen LogP) is 2.82. The van der Waals surface area contributed by atoms with Crippen molar-refractivity contribution in [3.8, 4) is 0 Å². The standard InChI is InChI=1S/C24H26N6O/c31-23(19-8-10-25-11-9-19)30-15-24(16-30)14-29(12-17-4-2-1-3-5-17)13-20(24)22-26-21(27-28-22)18-6-7-18/h1-5,8-11,18,20H,6-7,12-16H2,(H,26,27,28). The SMILES string of the molecule is O=C(c1ccncc1)N1CC2(CN(Cc3ccccc3)CC2c2nc(C3CC3)n[nH]2)C1. The van der Waals surface area contributed by atoms with Gasteiger partial charge in [-0.1, -0.05) is 30.3 Å². The van der Waals surface area contributed by atoms with E-state index in [-0.39, 0.29) is 17.2 Å². The van der Waals surface area contributed by atoms with Gasteiger partial charge in [-0.05, 0) is 30.5 Å². The third-order valence-electron chi connectivity index (χ3n) is 6.99. The quantitative estimate of drug-likeness (QED) is 0.695. The van der Waals surface area contributed by atoms with E-state index >= 15 is 0 Å². The molecule has 3 fully saturated rings. The molecule has 2 saturated heterocycles. The summed E-state index contributed by atoms with van der Waals surface area (Å²) < 4.78 is 0. The molecule has 3 aliphatic rings. The molecule has 1 unspecified atom stereocenters. The van der Waals surface area contributed by atoms with Crippen molar-refractivity contribution in [1.29, 1.82) is 0 Å². The fraction of sp³-hybridized carbons (Fsp3) is 0.417.